The first kappa shape index (κ1) is 17.7. The molecule has 0 N–H and O–H groups in total. The first-order chi connectivity index (χ1) is 13.2. The van der Waals surface area contributed by atoms with Gasteiger partial charge in [-0.3, -0.25) is 4.79 Å². The lowest BCUT2D eigenvalue weighted by atomic mass is 9.84. The number of hydrogen-bond acceptors (Lipinski definition) is 4. The zero-order valence-electron chi connectivity index (χ0n) is 15.9. The van der Waals surface area contributed by atoms with Crippen LogP contribution in [0.3, 0.4) is 0 Å². The van der Waals surface area contributed by atoms with E-state index < -0.39 is 0 Å². The van der Waals surface area contributed by atoms with Gasteiger partial charge in [-0.2, -0.15) is 0 Å². The molecule has 2 aromatic carbocycles. The van der Waals surface area contributed by atoms with Gasteiger partial charge in [0.05, 0.1) is 19.9 Å². The average molecular weight is 363 g/mol. The second-order valence-corrected chi connectivity index (χ2v) is 7.13. The van der Waals surface area contributed by atoms with E-state index in [4.69, 9.17) is 9.47 Å². The largest absolute Gasteiger partial charge is 0.493 e. The zero-order valence-corrected chi connectivity index (χ0v) is 15.9. The van der Waals surface area contributed by atoms with E-state index in [-0.39, 0.29) is 5.78 Å². The number of Topliss-reactive ketones (excluding diaryl/α,β-unsaturated/α-hetero) is 1. The zero-order chi connectivity index (χ0) is 18.8. The van der Waals surface area contributed by atoms with E-state index in [1.165, 1.54) is 12.8 Å². The number of benzene rings is 2. The molecule has 4 heteroatoms. The SMILES string of the molecule is COc1ccc(C2=C(c3ccccc3)N3CCCCC3CC2=O)cc1OC. The van der Waals surface area contributed by atoms with Crippen molar-refractivity contribution in [2.75, 3.05) is 20.8 Å². The Hall–Kier alpha value is -2.75. The third-order valence-corrected chi connectivity index (χ3v) is 5.57. The van der Waals surface area contributed by atoms with Crippen molar-refractivity contribution in [1.82, 2.24) is 4.90 Å². The van der Waals surface area contributed by atoms with Crippen molar-refractivity contribution < 1.29 is 14.3 Å². The van der Waals surface area contributed by atoms with Crippen LogP contribution in [0, 0.1) is 0 Å². The fraction of sp³-hybridized carbons (Fsp3) is 0.348. The molecule has 0 amide bonds. The van der Waals surface area contributed by atoms with Crippen molar-refractivity contribution in [3.63, 3.8) is 0 Å². The Balaban J connectivity index is 1.92. The Kier molecular flexibility index (Phi) is 4.88. The molecule has 4 nitrogen and oxygen atoms in total. The van der Waals surface area contributed by atoms with Crippen molar-refractivity contribution in [3.8, 4) is 11.5 Å². The maximum Gasteiger partial charge on any atom is 0.167 e. The molecule has 1 atom stereocenters. The molecule has 2 aromatic rings. The maximum atomic E-state index is 13.2. The van der Waals surface area contributed by atoms with Crippen LogP contribution < -0.4 is 9.47 Å². The Morgan fingerprint density at radius 3 is 2.44 bits per heavy atom. The normalized spacial score (nSPS) is 19.7. The molecule has 1 fully saturated rings. The molecule has 1 saturated heterocycles. The molecule has 0 radical (unpaired) electrons. The van der Waals surface area contributed by atoms with E-state index in [0.29, 0.717) is 24.0 Å². The van der Waals surface area contributed by atoms with Crippen LogP contribution in [0.25, 0.3) is 11.3 Å². The van der Waals surface area contributed by atoms with E-state index in [9.17, 15) is 4.79 Å². The summed E-state index contributed by atoms with van der Waals surface area (Å²) in [6.45, 7) is 0.999. The fourth-order valence-corrected chi connectivity index (χ4v) is 4.29. The van der Waals surface area contributed by atoms with Crippen molar-refractivity contribution >= 4 is 17.1 Å². The van der Waals surface area contributed by atoms with Crippen LogP contribution in [-0.4, -0.2) is 37.5 Å². The van der Waals surface area contributed by atoms with E-state index in [0.717, 1.165) is 35.4 Å². The van der Waals surface area contributed by atoms with E-state index in [2.05, 4.69) is 17.0 Å². The minimum absolute atomic E-state index is 0.212. The van der Waals surface area contributed by atoms with E-state index in [1.807, 2.05) is 36.4 Å². The topological polar surface area (TPSA) is 38.8 Å². The van der Waals surface area contributed by atoms with Gasteiger partial charge in [-0.1, -0.05) is 36.4 Å². The van der Waals surface area contributed by atoms with Crippen molar-refractivity contribution in [2.24, 2.45) is 0 Å². The Bertz CT molecular complexity index is 872. The van der Waals surface area contributed by atoms with Crippen LogP contribution in [0.2, 0.25) is 0 Å². The number of ketones is 1. The quantitative estimate of drug-likeness (QED) is 0.807. The second kappa shape index (κ2) is 7.47. The van der Waals surface area contributed by atoms with Gasteiger partial charge in [-0.15, -0.1) is 0 Å². The minimum Gasteiger partial charge on any atom is -0.493 e. The highest BCUT2D eigenvalue weighted by Crippen LogP contribution is 2.42. The highest BCUT2D eigenvalue weighted by molar-refractivity contribution is 6.28. The van der Waals surface area contributed by atoms with Crippen LogP contribution >= 0.6 is 0 Å². The monoisotopic (exact) mass is 363 g/mol. The molecule has 27 heavy (non-hydrogen) atoms. The molecule has 2 aliphatic rings. The summed E-state index contributed by atoms with van der Waals surface area (Å²) in [5.74, 6) is 1.52. The molecule has 0 spiro atoms. The third-order valence-electron chi connectivity index (χ3n) is 5.57. The van der Waals surface area contributed by atoms with Gasteiger partial charge in [0.2, 0.25) is 0 Å². The van der Waals surface area contributed by atoms with Gasteiger partial charge in [0.15, 0.2) is 17.3 Å². The molecule has 1 unspecified atom stereocenters. The standard InChI is InChI=1S/C23H25NO3/c1-26-20-12-11-17(14-21(20)27-2)22-19(25)15-18-10-6-7-13-24(18)23(22)16-8-4-3-5-9-16/h3-5,8-9,11-12,14,18H,6-7,10,13,15H2,1-2H3. The van der Waals surface area contributed by atoms with Crippen LogP contribution in [-0.2, 0) is 4.79 Å². The first-order valence-corrected chi connectivity index (χ1v) is 9.55. The van der Waals surface area contributed by atoms with Gasteiger partial charge in [-0.05, 0) is 42.5 Å². The van der Waals surface area contributed by atoms with Crippen LogP contribution in [0.1, 0.15) is 36.8 Å². The van der Waals surface area contributed by atoms with Gasteiger partial charge < -0.3 is 14.4 Å². The van der Waals surface area contributed by atoms with Gasteiger partial charge in [0.1, 0.15) is 0 Å². The van der Waals surface area contributed by atoms with Crippen molar-refractivity contribution in [3.05, 3.63) is 59.7 Å². The predicted molar refractivity (Wildman–Crippen MR) is 107 cm³/mol. The molecule has 4 rings (SSSR count). The lowest BCUT2D eigenvalue weighted by molar-refractivity contribution is -0.115. The first-order valence-electron chi connectivity index (χ1n) is 9.55. The Labute approximate surface area is 160 Å². The summed E-state index contributed by atoms with van der Waals surface area (Å²) in [5, 5.41) is 0. The molecule has 2 heterocycles. The average Bonchev–Trinajstić information content (AvgIpc) is 2.73. The third kappa shape index (κ3) is 3.20. The van der Waals surface area contributed by atoms with Gasteiger partial charge >= 0.3 is 0 Å². The Morgan fingerprint density at radius 2 is 1.70 bits per heavy atom. The summed E-state index contributed by atoms with van der Waals surface area (Å²) in [4.78, 5) is 15.7. The lowest BCUT2D eigenvalue weighted by Gasteiger charge is -2.43. The summed E-state index contributed by atoms with van der Waals surface area (Å²) >= 11 is 0. The lowest BCUT2D eigenvalue weighted by Crippen LogP contribution is -2.43. The Morgan fingerprint density at radius 1 is 0.926 bits per heavy atom. The number of allylic oxidation sites excluding steroid dienone is 1. The summed E-state index contributed by atoms with van der Waals surface area (Å²) < 4.78 is 10.8. The van der Waals surface area contributed by atoms with Crippen LogP contribution in [0.15, 0.2) is 48.5 Å². The van der Waals surface area contributed by atoms with E-state index >= 15 is 0 Å². The number of piperidine rings is 1. The molecule has 2 aliphatic heterocycles. The maximum absolute atomic E-state index is 13.2. The summed E-state index contributed by atoms with van der Waals surface area (Å²) in [6, 6.07) is 16.3. The number of nitrogens with zero attached hydrogens (tertiary/aromatic N) is 1. The molecule has 0 aromatic heterocycles. The number of carbonyl (C=O) groups is 1. The van der Waals surface area contributed by atoms with Crippen LogP contribution in [0.4, 0.5) is 0 Å². The summed E-state index contributed by atoms with van der Waals surface area (Å²) in [7, 11) is 3.24. The molecular formula is C23H25NO3. The smallest absolute Gasteiger partial charge is 0.167 e. The predicted octanol–water partition coefficient (Wildman–Crippen LogP) is 4.40. The van der Waals surface area contributed by atoms with Crippen molar-refractivity contribution in [2.45, 2.75) is 31.7 Å². The van der Waals surface area contributed by atoms with E-state index in [1.54, 1.807) is 14.2 Å². The minimum atomic E-state index is 0.212. The molecule has 0 bridgehead atoms. The highest BCUT2D eigenvalue weighted by atomic mass is 16.5. The number of ether oxygens (including phenoxy) is 2. The number of rotatable bonds is 4. The number of carbonyl (C=O) groups excluding carboxylic acids is 1. The fourth-order valence-electron chi connectivity index (χ4n) is 4.29. The highest BCUT2D eigenvalue weighted by Gasteiger charge is 2.36. The van der Waals surface area contributed by atoms with Crippen molar-refractivity contribution in [1.29, 1.82) is 0 Å². The second-order valence-electron chi connectivity index (χ2n) is 7.13. The van der Waals surface area contributed by atoms with Gasteiger partial charge in [0.25, 0.3) is 0 Å². The van der Waals surface area contributed by atoms with Crippen LogP contribution in [0.5, 0.6) is 11.5 Å². The number of hydrogen-bond donors (Lipinski definition) is 0. The molecule has 140 valence electrons. The van der Waals surface area contributed by atoms with Gasteiger partial charge in [-0.25, -0.2) is 0 Å². The summed E-state index contributed by atoms with van der Waals surface area (Å²) in [5.41, 5.74) is 3.84. The van der Waals surface area contributed by atoms with Gasteiger partial charge in [0, 0.05) is 24.6 Å². The number of methoxy groups -OCH3 is 2. The summed E-state index contributed by atoms with van der Waals surface area (Å²) in [6.07, 6.45) is 4.03. The molecule has 0 aliphatic carbocycles. The number of fused-ring (bicyclic) bond motifs is 1. The molecular weight excluding hydrogens is 338 g/mol. The molecule has 0 saturated carbocycles.